The van der Waals surface area contributed by atoms with Crippen molar-refractivity contribution in [2.45, 2.75) is 19.8 Å². The molecule has 0 aliphatic carbocycles. The number of hydrogen-bond acceptors (Lipinski definition) is 5. The number of nitrogens with zero attached hydrogens (tertiary/aromatic N) is 1. The van der Waals surface area contributed by atoms with Crippen LogP contribution in [0.5, 0.6) is 0 Å². The van der Waals surface area contributed by atoms with Gasteiger partial charge in [-0.3, -0.25) is 19.8 Å². The fourth-order valence-electron chi connectivity index (χ4n) is 2.23. The zero-order valence-corrected chi connectivity index (χ0v) is 12.4. The summed E-state index contributed by atoms with van der Waals surface area (Å²) in [4.78, 5) is 36.6. The minimum Gasteiger partial charge on any atom is -0.466 e. The normalized spacial score (nSPS) is 18.6. The van der Waals surface area contributed by atoms with Crippen molar-refractivity contribution in [2.75, 3.05) is 32.8 Å². The van der Waals surface area contributed by atoms with E-state index < -0.39 is 6.03 Å². The number of imide groups is 1. The largest absolute Gasteiger partial charge is 0.466 e. The molecule has 2 N–H and O–H groups in total. The number of carbonyl (C=O) groups excluding carboxylic acids is 3. The first kappa shape index (κ1) is 17.2. The van der Waals surface area contributed by atoms with Crippen molar-refractivity contribution in [2.24, 2.45) is 5.92 Å². The molecule has 0 aromatic rings. The highest BCUT2D eigenvalue weighted by Crippen LogP contribution is 2.17. The number of nitrogens with one attached hydrogen (secondary N) is 2. The Morgan fingerprint density at radius 1 is 1.43 bits per heavy atom. The Kier molecular flexibility index (Phi) is 7.45. The molecule has 1 aliphatic heterocycles. The fraction of sp³-hybridized carbons (Fsp3) is 0.643. The van der Waals surface area contributed by atoms with Crippen LogP contribution in [0.1, 0.15) is 19.8 Å². The second-order valence-corrected chi connectivity index (χ2v) is 4.87. The number of piperidine rings is 1. The van der Waals surface area contributed by atoms with E-state index in [1.54, 1.807) is 6.92 Å². The van der Waals surface area contributed by atoms with E-state index in [1.807, 2.05) is 4.90 Å². The van der Waals surface area contributed by atoms with Crippen LogP contribution in [0, 0.1) is 5.92 Å². The molecule has 3 amide bonds. The Labute approximate surface area is 124 Å². The molecule has 21 heavy (non-hydrogen) atoms. The topological polar surface area (TPSA) is 87.7 Å². The van der Waals surface area contributed by atoms with Gasteiger partial charge in [-0.15, -0.1) is 6.58 Å². The van der Waals surface area contributed by atoms with Crippen LogP contribution >= 0.6 is 0 Å². The number of carbonyl (C=O) groups is 3. The first-order chi connectivity index (χ1) is 10.1. The summed E-state index contributed by atoms with van der Waals surface area (Å²) in [5, 5.41) is 4.70. The highest BCUT2D eigenvalue weighted by atomic mass is 16.5. The zero-order valence-electron chi connectivity index (χ0n) is 12.4. The summed E-state index contributed by atoms with van der Waals surface area (Å²) in [6.07, 6.45) is 3.13. The molecule has 118 valence electrons. The van der Waals surface area contributed by atoms with Crippen molar-refractivity contribution >= 4 is 17.9 Å². The summed E-state index contributed by atoms with van der Waals surface area (Å²) in [5.74, 6) is -0.798. The molecule has 1 rings (SSSR count). The van der Waals surface area contributed by atoms with Gasteiger partial charge in [0.25, 0.3) is 0 Å². The number of rotatable bonds is 6. The molecule has 0 bridgehead atoms. The van der Waals surface area contributed by atoms with E-state index in [0.717, 1.165) is 19.4 Å². The van der Waals surface area contributed by atoms with Crippen LogP contribution in [0.4, 0.5) is 4.79 Å². The van der Waals surface area contributed by atoms with Gasteiger partial charge in [-0.2, -0.15) is 0 Å². The number of amides is 3. The molecular formula is C14H23N3O4. The third-order valence-electron chi connectivity index (χ3n) is 3.15. The van der Waals surface area contributed by atoms with Crippen LogP contribution in [0.2, 0.25) is 0 Å². The molecule has 7 heteroatoms. The maximum atomic E-state index is 11.7. The van der Waals surface area contributed by atoms with Gasteiger partial charge in [0, 0.05) is 13.1 Å². The Hall–Kier alpha value is -1.89. The summed E-state index contributed by atoms with van der Waals surface area (Å²) in [5.41, 5.74) is 0. The highest BCUT2D eigenvalue weighted by Gasteiger charge is 2.27. The van der Waals surface area contributed by atoms with Crippen molar-refractivity contribution in [3.8, 4) is 0 Å². The van der Waals surface area contributed by atoms with Gasteiger partial charge < -0.3 is 10.1 Å². The van der Waals surface area contributed by atoms with Crippen molar-refractivity contribution in [1.29, 1.82) is 0 Å². The van der Waals surface area contributed by atoms with Gasteiger partial charge in [-0.1, -0.05) is 6.08 Å². The minimum absolute atomic E-state index is 0.0947. The maximum Gasteiger partial charge on any atom is 0.321 e. The van der Waals surface area contributed by atoms with Crippen molar-refractivity contribution < 1.29 is 19.1 Å². The van der Waals surface area contributed by atoms with Gasteiger partial charge >= 0.3 is 12.0 Å². The van der Waals surface area contributed by atoms with E-state index in [-0.39, 0.29) is 24.3 Å². The Balaban J connectivity index is 2.36. The number of hydrogen-bond donors (Lipinski definition) is 2. The van der Waals surface area contributed by atoms with E-state index >= 15 is 0 Å². The number of urea groups is 1. The molecule has 0 radical (unpaired) electrons. The van der Waals surface area contributed by atoms with E-state index in [9.17, 15) is 14.4 Å². The quantitative estimate of drug-likeness (QED) is 0.543. The smallest absolute Gasteiger partial charge is 0.321 e. The van der Waals surface area contributed by atoms with Crippen LogP contribution in [-0.2, 0) is 14.3 Å². The molecule has 0 unspecified atom stereocenters. The van der Waals surface area contributed by atoms with Crippen molar-refractivity contribution in [3.05, 3.63) is 12.7 Å². The molecule has 0 spiro atoms. The molecule has 1 aliphatic rings. The van der Waals surface area contributed by atoms with E-state index in [2.05, 4.69) is 17.2 Å². The summed E-state index contributed by atoms with van der Waals surface area (Å²) in [6.45, 7) is 7.21. The molecule has 1 atom stereocenters. The molecule has 0 aromatic heterocycles. The van der Waals surface area contributed by atoms with Gasteiger partial charge in [0.05, 0.1) is 19.1 Å². The van der Waals surface area contributed by atoms with Crippen LogP contribution < -0.4 is 10.6 Å². The van der Waals surface area contributed by atoms with Crippen LogP contribution in [0.25, 0.3) is 0 Å². The average Bonchev–Trinajstić information content (AvgIpc) is 2.45. The third kappa shape index (κ3) is 6.40. The molecule has 1 saturated heterocycles. The van der Waals surface area contributed by atoms with Crippen LogP contribution in [-0.4, -0.2) is 55.6 Å². The summed E-state index contributed by atoms with van der Waals surface area (Å²) < 4.78 is 5.00. The van der Waals surface area contributed by atoms with Gasteiger partial charge in [-0.05, 0) is 26.3 Å². The lowest BCUT2D eigenvalue weighted by Crippen LogP contribution is -2.47. The number of likely N-dealkylation sites (tertiary alicyclic amines) is 1. The van der Waals surface area contributed by atoms with Gasteiger partial charge in [0.15, 0.2) is 0 Å². The molecule has 1 heterocycles. The van der Waals surface area contributed by atoms with E-state index in [1.165, 1.54) is 6.08 Å². The van der Waals surface area contributed by atoms with E-state index in [4.69, 9.17) is 4.74 Å². The molecule has 0 aromatic carbocycles. The fourth-order valence-corrected chi connectivity index (χ4v) is 2.23. The molecular weight excluding hydrogens is 274 g/mol. The second kappa shape index (κ2) is 9.12. The predicted octanol–water partition coefficient (Wildman–Crippen LogP) is 0.273. The first-order valence-corrected chi connectivity index (χ1v) is 7.14. The standard InChI is InChI=1S/C14H23N3O4/c1-3-7-15-14(20)16-12(18)10-17-8-5-6-11(9-17)13(19)21-4-2/h3,11H,1,4-10H2,2H3,(H2,15,16,18,20)/t11-/m1/s1. The lowest BCUT2D eigenvalue weighted by Gasteiger charge is -2.30. The summed E-state index contributed by atoms with van der Waals surface area (Å²) in [6, 6.07) is -0.543. The van der Waals surface area contributed by atoms with Gasteiger partial charge in [-0.25, -0.2) is 4.79 Å². The van der Waals surface area contributed by atoms with Crippen molar-refractivity contribution in [1.82, 2.24) is 15.5 Å². The van der Waals surface area contributed by atoms with Crippen LogP contribution in [0.15, 0.2) is 12.7 Å². The van der Waals surface area contributed by atoms with Crippen molar-refractivity contribution in [3.63, 3.8) is 0 Å². The number of esters is 1. The lowest BCUT2D eigenvalue weighted by atomic mass is 9.98. The second-order valence-electron chi connectivity index (χ2n) is 4.87. The van der Waals surface area contributed by atoms with Crippen LogP contribution in [0.3, 0.4) is 0 Å². The first-order valence-electron chi connectivity index (χ1n) is 7.14. The summed E-state index contributed by atoms with van der Waals surface area (Å²) in [7, 11) is 0. The monoisotopic (exact) mass is 297 g/mol. The summed E-state index contributed by atoms with van der Waals surface area (Å²) >= 11 is 0. The predicted molar refractivity (Wildman–Crippen MR) is 77.5 cm³/mol. The highest BCUT2D eigenvalue weighted by molar-refractivity contribution is 5.95. The van der Waals surface area contributed by atoms with E-state index in [0.29, 0.717) is 19.7 Å². The molecule has 1 fully saturated rings. The molecule has 0 saturated carbocycles. The Morgan fingerprint density at radius 2 is 2.19 bits per heavy atom. The zero-order chi connectivity index (χ0) is 15.7. The van der Waals surface area contributed by atoms with Gasteiger partial charge in [0.2, 0.25) is 5.91 Å². The SMILES string of the molecule is C=CCNC(=O)NC(=O)CN1CCC[C@@H](C(=O)OCC)C1. The number of ether oxygens (including phenoxy) is 1. The molecule has 7 nitrogen and oxygen atoms in total. The maximum absolute atomic E-state index is 11.7. The minimum atomic E-state index is -0.543. The van der Waals surface area contributed by atoms with Gasteiger partial charge in [0.1, 0.15) is 0 Å². The average molecular weight is 297 g/mol. The third-order valence-corrected chi connectivity index (χ3v) is 3.15. The Morgan fingerprint density at radius 3 is 2.86 bits per heavy atom. The lowest BCUT2D eigenvalue weighted by molar-refractivity contribution is -0.150. The Bertz CT molecular complexity index is 398.